The maximum atomic E-state index is 10.5. The summed E-state index contributed by atoms with van der Waals surface area (Å²) in [5.74, 6) is 0.329. The predicted octanol–water partition coefficient (Wildman–Crippen LogP) is 1.52. The molecule has 10 heavy (non-hydrogen) atoms. The monoisotopic (exact) mass is 140 g/mol. The Morgan fingerprint density at radius 3 is 2.80 bits per heavy atom. The van der Waals surface area contributed by atoms with Crippen LogP contribution in [0.25, 0.3) is 0 Å². The highest BCUT2D eigenvalue weighted by Crippen LogP contribution is 2.26. The molecule has 0 radical (unpaired) electrons. The molecule has 56 valence electrons. The summed E-state index contributed by atoms with van der Waals surface area (Å²) in [7, 11) is 0. The van der Waals surface area contributed by atoms with Crippen LogP contribution >= 0.6 is 0 Å². The Balaban J connectivity index is 2.03. The van der Waals surface area contributed by atoms with Crippen molar-refractivity contribution in [3.05, 3.63) is 12.7 Å². The standard InChI is InChI=1S/C8H12O2/c1-2-8(9)10-6-7-4-3-5-7/h2,7H,1,3-6H2. The molecule has 1 aliphatic rings. The molecule has 0 aromatic carbocycles. The van der Waals surface area contributed by atoms with Gasteiger partial charge in [0.2, 0.25) is 0 Å². The Hall–Kier alpha value is -0.790. The molecular weight excluding hydrogens is 128 g/mol. The first-order chi connectivity index (χ1) is 4.83. The van der Waals surface area contributed by atoms with Crippen molar-refractivity contribution in [1.82, 2.24) is 0 Å². The smallest absolute Gasteiger partial charge is 0.330 e. The first-order valence-corrected chi connectivity index (χ1v) is 3.62. The van der Waals surface area contributed by atoms with Gasteiger partial charge in [-0.1, -0.05) is 13.0 Å². The van der Waals surface area contributed by atoms with Crippen molar-refractivity contribution in [2.24, 2.45) is 5.92 Å². The molecule has 0 unspecified atom stereocenters. The van der Waals surface area contributed by atoms with E-state index < -0.39 is 0 Å². The second-order valence-corrected chi connectivity index (χ2v) is 2.63. The van der Waals surface area contributed by atoms with E-state index in [1.807, 2.05) is 0 Å². The second-order valence-electron chi connectivity index (χ2n) is 2.63. The largest absolute Gasteiger partial charge is 0.462 e. The van der Waals surface area contributed by atoms with Crippen molar-refractivity contribution >= 4 is 5.97 Å². The molecule has 0 amide bonds. The molecule has 1 aliphatic carbocycles. The summed E-state index contributed by atoms with van der Waals surface area (Å²) in [5, 5.41) is 0. The lowest BCUT2D eigenvalue weighted by atomic mass is 9.86. The lowest BCUT2D eigenvalue weighted by Crippen LogP contribution is -2.19. The SMILES string of the molecule is C=CC(=O)OCC1CCC1. The molecule has 1 saturated carbocycles. The van der Waals surface area contributed by atoms with Gasteiger partial charge >= 0.3 is 5.97 Å². The van der Waals surface area contributed by atoms with E-state index in [1.54, 1.807) is 0 Å². The number of esters is 1. The fourth-order valence-corrected chi connectivity index (χ4v) is 0.918. The topological polar surface area (TPSA) is 26.3 Å². The highest BCUT2D eigenvalue weighted by Gasteiger charge is 2.18. The fourth-order valence-electron chi connectivity index (χ4n) is 0.918. The summed E-state index contributed by atoms with van der Waals surface area (Å²) < 4.78 is 4.84. The van der Waals surface area contributed by atoms with Crippen molar-refractivity contribution < 1.29 is 9.53 Å². The zero-order valence-corrected chi connectivity index (χ0v) is 6.01. The molecule has 0 aliphatic heterocycles. The molecule has 1 rings (SSSR count). The Kier molecular flexibility index (Phi) is 2.49. The first-order valence-electron chi connectivity index (χ1n) is 3.62. The van der Waals surface area contributed by atoms with E-state index in [4.69, 9.17) is 4.74 Å². The zero-order valence-electron chi connectivity index (χ0n) is 6.01. The summed E-state index contributed by atoms with van der Waals surface area (Å²) >= 11 is 0. The molecule has 0 saturated heterocycles. The first kappa shape index (κ1) is 7.32. The van der Waals surface area contributed by atoms with Crippen molar-refractivity contribution in [1.29, 1.82) is 0 Å². The van der Waals surface area contributed by atoms with Crippen molar-refractivity contribution in [2.45, 2.75) is 19.3 Å². The van der Waals surface area contributed by atoms with Gasteiger partial charge in [0.25, 0.3) is 0 Å². The van der Waals surface area contributed by atoms with Crippen LogP contribution in [0.15, 0.2) is 12.7 Å². The molecule has 0 bridgehead atoms. The number of carbonyl (C=O) groups is 1. The Morgan fingerprint density at radius 1 is 1.70 bits per heavy atom. The van der Waals surface area contributed by atoms with Crippen LogP contribution in [0.4, 0.5) is 0 Å². The number of carbonyl (C=O) groups excluding carboxylic acids is 1. The average Bonchev–Trinajstić information content (AvgIpc) is 1.84. The third-order valence-corrected chi connectivity index (χ3v) is 1.85. The quantitative estimate of drug-likeness (QED) is 0.439. The summed E-state index contributed by atoms with van der Waals surface area (Å²) in [6.45, 7) is 3.90. The molecule has 2 nitrogen and oxygen atoms in total. The molecule has 2 heteroatoms. The van der Waals surface area contributed by atoms with Crippen LogP contribution < -0.4 is 0 Å². The van der Waals surface area contributed by atoms with Crippen molar-refractivity contribution in [3.8, 4) is 0 Å². The van der Waals surface area contributed by atoms with Gasteiger partial charge in [-0.05, 0) is 18.8 Å². The molecule has 0 atom stereocenters. The molecule has 0 spiro atoms. The molecule has 0 aromatic heterocycles. The van der Waals surface area contributed by atoms with Crippen LogP contribution in [0.2, 0.25) is 0 Å². The van der Waals surface area contributed by atoms with E-state index in [0.29, 0.717) is 12.5 Å². The molecule has 0 heterocycles. The Labute approximate surface area is 60.9 Å². The molecule has 0 aromatic rings. The number of rotatable bonds is 3. The highest BCUT2D eigenvalue weighted by atomic mass is 16.5. The lowest BCUT2D eigenvalue weighted by Gasteiger charge is -2.24. The number of ether oxygens (including phenoxy) is 1. The summed E-state index contributed by atoms with van der Waals surface area (Å²) in [6, 6.07) is 0. The van der Waals surface area contributed by atoms with E-state index >= 15 is 0 Å². The third kappa shape index (κ3) is 1.87. The van der Waals surface area contributed by atoms with Gasteiger partial charge < -0.3 is 4.74 Å². The van der Waals surface area contributed by atoms with Gasteiger partial charge in [-0.2, -0.15) is 0 Å². The van der Waals surface area contributed by atoms with E-state index in [-0.39, 0.29) is 5.97 Å². The molecule has 0 N–H and O–H groups in total. The van der Waals surface area contributed by atoms with Gasteiger partial charge in [-0.15, -0.1) is 0 Å². The van der Waals surface area contributed by atoms with E-state index in [1.165, 1.54) is 25.3 Å². The van der Waals surface area contributed by atoms with Gasteiger partial charge in [-0.3, -0.25) is 0 Å². The average molecular weight is 140 g/mol. The van der Waals surface area contributed by atoms with Crippen LogP contribution in [0.1, 0.15) is 19.3 Å². The van der Waals surface area contributed by atoms with Gasteiger partial charge in [0.1, 0.15) is 0 Å². The highest BCUT2D eigenvalue weighted by molar-refractivity contribution is 5.81. The van der Waals surface area contributed by atoms with Crippen LogP contribution in [0.3, 0.4) is 0 Å². The van der Waals surface area contributed by atoms with E-state index in [2.05, 4.69) is 6.58 Å². The van der Waals surface area contributed by atoms with Crippen LogP contribution in [0.5, 0.6) is 0 Å². The number of hydrogen-bond donors (Lipinski definition) is 0. The lowest BCUT2D eigenvalue weighted by molar-refractivity contribution is -0.139. The fraction of sp³-hybridized carbons (Fsp3) is 0.625. The van der Waals surface area contributed by atoms with Crippen LogP contribution in [-0.2, 0) is 9.53 Å². The minimum atomic E-state index is -0.299. The maximum Gasteiger partial charge on any atom is 0.330 e. The van der Waals surface area contributed by atoms with Crippen molar-refractivity contribution in [2.75, 3.05) is 6.61 Å². The Bertz CT molecular complexity index is 136. The van der Waals surface area contributed by atoms with Gasteiger partial charge in [0.15, 0.2) is 0 Å². The zero-order chi connectivity index (χ0) is 7.40. The minimum absolute atomic E-state index is 0.299. The number of hydrogen-bond acceptors (Lipinski definition) is 2. The van der Waals surface area contributed by atoms with Gasteiger partial charge in [0.05, 0.1) is 6.61 Å². The molecular formula is C8H12O2. The minimum Gasteiger partial charge on any atom is -0.462 e. The van der Waals surface area contributed by atoms with Gasteiger partial charge in [0, 0.05) is 6.08 Å². The maximum absolute atomic E-state index is 10.5. The van der Waals surface area contributed by atoms with E-state index in [0.717, 1.165) is 0 Å². The van der Waals surface area contributed by atoms with Crippen molar-refractivity contribution in [3.63, 3.8) is 0 Å². The predicted molar refractivity (Wildman–Crippen MR) is 38.5 cm³/mol. The molecule has 1 fully saturated rings. The summed E-state index contributed by atoms with van der Waals surface area (Å²) in [5.41, 5.74) is 0. The second kappa shape index (κ2) is 3.40. The summed E-state index contributed by atoms with van der Waals surface area (Å²) in [4.78, 5) is 10.5. The summed E-state index contributed by atoms with van der Waals surface area (Å²) in [6.07, 6.45) is 4.92. The van der Waals surface area contributed by atoms with Crippen LogP contribution in [-0.4, -0.2) is 12.6 Å². The van der Waals surface area contributed by atoms with Crippen LogP contribution in [0, 0.1) is 5.92 Å². The third-order valence-electron chi connectivity index (χ3n) is 1.85. The Morgan fingerprint density at radius 2 is 2.40 bits per heavy atom. The normalized spacial score (nSPS) is 17.6. The van der Waals surface area contributed by atoms with Gasteiger partial charge in [-0.25, -0.2) is 4.79 Å². The van der Waals surface area contributed by atoms with E-state index in [9.17, 15) is 4.79 Å².